The molecule has 13 heavy (non-hydrogen) atoms. The summed E-state index contributed by atoms with van der Waals surface area (Å²) in [7, 11) is 0. The molecule has 0 aromatic heterocycles. The fourth-order valence-corrected chi connectivity index (χ4v) is 1.21. The van der Waals surface area contributed by atoms with E-state index in [1.807, 2.05) is 32.0 Å². The molecule has 1 rings (SSSR count). The Morgan fingerprint density at radius 2 is 1.62 bits per heavy atom. The minimum atomic E-state index is -1.11. The molecular formula is C11H16O2. The van der Waals surface area contributed by atoms with E-state index in [0.717, 1.165) is 16.9 Å². The van der Waals surface area contributed by atoms with Crippen LogP contribution in [0, 0.1) is 13.8 Å². The Kier molecular flexibility index (Phi) is 2.62. The molecule has 0 radical (unpaired) electrons. The van der Waals surface area contributed by atoms with Gasteiger partial charge in [-0.25, -0.2) is 0 Å². The van der Waals surface area contributed by atoms with Gasteiger partial charge < -0.3 is 9.84 Å². The molecule has 0 amide bonds. The van der Waals surface area contributed by atoms with Crippen molar-refractivity contribution in [1.82, 2.24) is 0 Å². The second kappa shape index (κ2) is 3.38. The van der Waals surface area contributed by atoms with Crippen molar-refractivity contribution in [3.05, 3.63) is 29.3 Å². The zero-order valence-corrected chi connectivity index (χ0v) is 8.59. The summed E-state index contributed by atoms with van der Waals surface area (Å²) in [5, 5.41) is 9.50. The number of hydrogen-bond donors (Lipinski definition) is 1. The van der Waals surface area contributed by atoms with Gasteiger partial charge in [0.1, 0.15) is 5.75 Å². The predicted molar refractivity (Wildman–Crippen MR) is 52.8 cm³/mol. The lowest BCUT2D eigenvalue weighted by Gasteiger charge is -2.22. The molecule has 2 heteroatoms. The van der Waals surface area contributed by atoms with Gasteiger partial charge in [0.25, 0.3) is 0 Å². The third-order valence-electron chi connectivity index (χ3n) is 1.76. The quantitative estimate of drug-likeness (QED) is 0.708. The molecule has 0 heterocycles. The number of aliphatic hydroxyl groups is 1. The lowest BCUT2D eigenvalue weighted by Crippen LogP contribution is -2.27. The molecule has 72 valence electrons. The molecule has 1 aromatic rings. The fourth-order valence-electron chi connectivity index (χ4n) is 1.21. The van der Waals surface area contributed by atoms with Crippen LogP contribution in [0.3, 0.4) is 0 Å². The van der Waals surface area contributed by atoms with E-state index in [0.29, 0.717) is 0 Å². The fraction of sp³-hybridized carbons (Fsp3) is 0.455. The topological polar surface area (TPSA) is 29.5 Å². The molecule has 1 aromatic carbocycles. The van der Waals surface area contributed by atoms with Crippen LogP contribution in [0.2, 0.25) is 0 Å². The Morgan fingerprint density at radius 1 is 1.15 bits per heavy atom. The maximum absolute atomic E-state index is 9.50. The summed E-state index contributed by atoms with van der Waals surface area (Å²) in [6.45, 7) is 7.18. The third-order valence-corrected chi connectivity index (χ3v) is 1.76. The van der Waals surface area contributed by atoms with Gasteiger partial charge in [0.2, 0.25) is 5.79 Å². The summed E-state index contributed by atoms with van der Waals surface area (Å²) >= 11 is 0. The Hall–Kier alpha value is -1.02. The van der Waals surface area contributed by atoms with Crippen LogP contribution in [0.1, 0.15) is 25.0 Å². The van der Waals surface area contributed by atoms with E-state index in [-0.39, 0.29) is 0 Å². The number of hydrogen-bond acceptors (Lipinski definition) is 2. The van der Waals surface area contributed by atoms with Crippen LogP contribution < -0.4 is 4.74 Å². The molecule has 0 fully saturated rings. The molecule has 0 saturated carbocycles. The maximum Gasteiger partial charge on any atom is 0.202 e. The van der Waals surface area contributed by atoms with Crippen molar-refractivity contribution in [1.29, 1.82) is 0 Å². The van der Waals surface area contributed by atoms with E-state index < -0.39 is 5.79 Å². The highest BCUT2D eigenvalue weighted by Gasteiger charge is 2.16. The van der Waals surface area contributed by atoms with Gasteiger partial charge in [-0.15, -0.1) is 0 Å². The summed E-state index contributed by atoms with van der Waals surface area (Å²) in [6, 6.07) is 5.91. The number of para-hydroxylation sites is 1. The number of rotatable bonds is 2. The monoisotopic (exact) mass is 180 g/mol. The molecule has 0 atom stereocenters. The SMILES string of the molecule is Cc1cccc(C)c1OC(C)(C)O. The predicted octanol–water partition coefficient (Wildman–Crippen LogP) is 2.41. The average Bonchev–Trinajstić information content (AvgIpc) is 1.95. The van der Waals surface area contributed by atoms with E-state index in [2.05, 4.69) is 0 Å². The molecule has 1 N–H and O–H groups in total. The van der Waals surface area contributed by atoms with Gasteiger partial charge in [-0.1, -0.05) is 18.2 Å². The molecule has 0 aliphatic carbocycles. The second-order valence-electron chi connectivity index (χ2n) is 3.77. The van der Waals surface area contributed by atoms with Crippen molar-refractivity contribution in [2.45, 2.75) is 33.5 Å². The van der Waals surface area contributed by atoms with Crippen molar-refractivity contribution in [3.8, 4) is 5.75 Å². The molecule has 0 spiro atoms. The van der Waals surface area contributed by atoms with Crippen molar-refractivity contribution < 1.29 is 9.84 Å². The van der Waals surface area contributed by atoms with Crippen LogP contribution in [-0.2, 0) is 0 Å². The van der Waals surface area contributed by atoms with Crippen LogP contribution in [0.15, 0.2) is 18.2 Å². The first-order chi connectivity index (χ1) is 5.90. The molecule has 0 aliphatic rings. The Labute approximate surface area is 79.2 Å². The minimum Gasteiger partial charge on any atom is -0.463 e. The third kappa shape index (κ3) is 2.74. The molecular weight excluding hydrogens is 164 g/mol. The smallest absolute Gasteiger partial charge is 0.202 e. The van der Waals surface area contributed by atoms with E-state index in [1.54, 1.807) is 13.8 Å². The van der Waals surface area contributed by atoms with Crippen molar-refractivity contribution in [2.75, 3.05) is 0 Å². The van der Waals surface area contributed by atoms with Crippen LogP contribution >= 0.6 is 0 Å². The molecule has 2 nitrogen and oxygen atoms in total. The van der Waals surface area contributed by atoms with Gasteiger partial charge in [-0.3, -0.25) is 0 Å². The van der Waals surface area contributed by atoms with Crippen molar-refractivity contribution in [3.63, 3.8) is 0 Å². The first-order valence-electron chi connectivity index (χ1n) is 4.38. The Bertz CT molecular complexity index is 277. The average molecular weight is 180 g/mol. The zero-order chi connectivity index (χ0) is 10.1. The van der Waals surface area contributed by atoms with Gasteiger partial charge in [0, 0.05) is 13.8 Å². The van der Waals surface area contributed by atoms with Gasteiger partial charge in [0.15, 0.2) is 0 Å². The number of aryl methyl sites for hydroxylation is 2. The lowest BCUT2D eigenvalue weighted by molar-refractivity contribution is -0.105. The minimum absolute atomic E-state index is 0.773. The second-order valence-corrected chi connectivity index (χ2v) is 3.77. The van der Waals surface area contributed by atoms with Gasteiger partial charge in [0.05, 0.1) is 0 Å². The van der Waals surface area contributed by atoms with Crippen LogP contribution in [-0.4, -0.2) is 10.9 Å². The largest absolute Gasteiger partial charge is 0.463 e. The summed E-state index contributed by atoms with van der Waals surface area (Å²) in [4.78, 5) is 0. The lowest BCUT2D eigenvalue weighted by atomic mass is 10.1. The van der Waals surface area contributed by atoms with E-state index in [4.69, 9.17) is 4.74 Å². The van der Waals surface area contributed by atoms with Crippen LogP contribution in [0.25, 0.3) is 0 Å². The highest BCUT2D eigenvalue weighted by molar-refractivity contribution is 5.39. The standard InChI is InChI=1S/C11H16O2/c1-8-6-5-7-9(2)10(8)13-11(3,4)12/h5-7,12H,1-4H3. The highest BCUT2D eigenvalue weighted by atomic mass is 16.6. The summed E-state index contributed by atoms with van der Waals surface area (Å²) in [5.41, 5.74) is 2.09. The van der Waals surface area contributed by atoms with E-state index in [9.17, 15) is 5.11 Å². The molecule has 0 aliphatic heterocycles. The summed E-state index contributed by atoms with van der Waals surface area (Å²) < 4.78 is 5.42. The number of ether oxygens (including phenoxy) is 1. The molecule has 0 unspecified atom stereocenters. The maximum atomic E-state index is 9.50. The normalized spacial score (nSPS) is 11.5. The van der Waals surface area contributed by atoms with Crippen molar-refractivity contribution >= 4 is 0 Å². The molecule has 0 saturated heterocycles. The summed E-state index contributed by atoms with van der Waals surface area (Å²) in [5.74, 6) is -0.341. The van der Waals surface area contributed by atoms with Crippen molar-refractivity contribution in [2.24, 2.45) is 0 Å². The summed E-state index contributed by atoms with van der Waals surface area (Å²) in [6.07, 6.45) is 0. The zero-order valence-electron chi connectivity index (χ0n) is 8.59. The van der Waals surface area contributed by atoms with E-state index in [1.165, 1.54) is 0 Å². The van der Waals surface area contributed by atoms with Crippen LogP contribution in [0.5, 0.6) is 5.75 Å². The number of benzene rings is 1. The Balaban J connectivity index is 3.00. The van der Waals surface area contributed by atoms with Crippen LogP contribution in [0.4, 0.5) is 0 Å². The first kappa shape index (κ1) is 10.1. The first-order valence-corrected chi connectivity index (χ1v) is 4.38. The molecule has 0 bridgehead atoms. The van der Waals surface area contributed by atoms with Gasteiger partial charge in [-0.05, 0) is 25.0 Å². The van der Waals surface area contributed by atoms with Gasteiger partial charge in [-0.2, -0.15) is 0 Å². The Morgan fingerprint density at radius 3 is 2.00 bits per heavy atom. The van der Waals surface area contributed by atoms with E-state index >= 15 is 0 Å². The van der Waals surface area contributed by atoms with Gasteiger partial charge >= 0.3 is 0 Å². The highest BCUT2D eigenvalue weighted by Crippen LogP contribution is 2.25.